The molecule has 2 aliphatic rings. The Morgan fingerprint density at radius 3 is 2.69 bits per heavy atom. The van der Waals surface area contributed by atoms with Crippen molar-refractivity contribution in [2.24, 2.45) is 0 Å². The van der Waals surface area contributed by atoms with E-state index in [-0.39, 0.29) is 30.9 Å². The summed E-state index contributed by atoms with van der Waals surface area (Å²) in [5.74, 6) is -0.328. The summed E-state index contributed by atoms with van der Waals surface area (Å²) < 4.78 is 5.75. The van der Waals surface area contributed by atoms with Gasteiger partial charge in [0.2, 0.25) is 17.7 Å². The van der Waals surface area contributed by atoms with Crippen molar-refractivity contribution in [2.45, 2.75) is 44.8 Å². The zero-order chi connectivity index (χ0) is 24.7. The van der Waals surface area contributed by atoms with Crippen molar-refractivity contribution in [3.05, 3.63) is 70.6 Å². The van der Waals surface area contributed by atoms with Crippen molar-refractivity contribution < 1.29 is 18.8 Å². The summed E-state index contributed by atoms with van der Waals surface area (Å²) >= 11 is 6.21. The number of carbonyl (C=O) groups excluding carboxylic acids is 3. The molecule has 35 heavy (non-hydrogen) atoms. The maximum atomic E-state index is 13.4. The third kappa shape index (κ3) is 3.95. The first-order chi connectivity index (χ1) is 16.8. The van der Waals surface area contributed by atoms with Crippen molar-refractivity contribution in [3.63, 3.8) is 0 Å². The number of benzene rings is 2. The Kier molecular flexibility index (Phi) is 5.80. The monoisotopic (exact) mass is 493 g/mol. The molecular weight excluding hydrogens is 470 g/mol. The number of fused-ring (bicyclic) bond motifs is 2. The zero-order valence-corrected chi connectivity index (χ0v) is 20.1. The van der Waals surface area contributed by atoms with Crippen LogP contribution < -0.4 is 5.32 Å². The number of amides is 4. The van der Waals surface area contributed by atoms with Gasteiger partial charge in [-0.1, -0.05) is 48.0 Å². The maximum Gasteiger partial charge on any atom is 0.325 e. The Hall–Kier alpha value is -3.72. The molecule has 1 spiro atoms. The molecule has 0 unspecified atom stereocenters. The lowest BCUT2D eigenvalue weighted by Crippen LogP contribution is -2.46. The molecule has 1 saturated heterocycles. The first-order valence-corrected chi connectivity index (χ1v) is 11.8. The highest BCUT2D eigenvalue weighted by atomic mass is 35.5. The second kappa shape index (κ2) is 8.81. The lowest BCUT2D eigenvalue weighted by Gasteiger charge is -2.27. The minimum Gasteiger partial charge on any atom is -0.419 e. The standard InChI is InChI=1S/C25H24ClN5O4/c1-15(2)30(13-20-28-29-22(35-20)17-8-4-6-10-19(17)26)21(32)14-31-23(33)25(27-24(31)34)12-11-16-7-3-5-9-18(16)25/h3-10,15H,11-14H2,1-2H3,(H,27,34)/t25-/m0/s1. The lowest BCUT2D eigenvalue weighted by atomic mass is 9.92. The van der Waals surface area contributed by atoms with Gasteiger partial charge in [-0.3, -0.25) is 14.5 Å². The van der Waals surface area contributed by atoms with Crippen LogP contribution in [0.4, 0.5) is 4.79 Å². The van der Waals surface area contributed by atoms with E-state index in [1.807, 2.05) is 44.2 Å². The fraction of sp³-hybridized carbons (Fsp3) is 0.320. The number of carbonyl (C=O) groups is 3. The normalized spacial score (nSPS) is 18.9. The topological polar surface area (TPSA) is 109 Å². The molecule has 1 fully saturated rings. The number of hydrogen-bond donors (Lipinski definition) is 1. The van der Waals surface area contributed by atoms with Crippen molar-refractivity contribution in [1.82, 2.24) is 25.3 Å². The van der Waals surface area contributed by atoms with Gasteiger partial charge in [-0.2, -0.15) is 0 Å². The molecule has 0 bridgehead atoms. The smallest absolute Gasteiger partial charge is 0.325 e. The summed E-state index contributed by atoms with van der Waals surface area (Å²) in [6.45, 7) is 3.33. The summed E-state index contributed by atoms with van der Waals surface area (Å²) in [5, 5.41) is 11.4. The van der Waals surface area contributed by atoms with Gasteiger partial charge < -0.3 is 14.6 Å². The molecule has 3 aromatic rings. The molecule has 1 N–H and O–H groups in total. The minimum atomic E-state index is -1.10. The summed E-state index contributed by atoms with van der Waals surface area (Å²) in [6, 6.07) is 13.9. The Morgan fingerprint density at radius 2 is 1.91 bits per heavy atom. The van der Waals surface area contributed by atoms with Gasteiger partial charge in [0, 0.05) is 6.04 Å². The van der Waals surface area contributed by atoms with Crippen molar-refractivity contribution in [2.75, 3.05) is 6.54 Å². The van der Waals surface area contributed by atoms with E-state index in [0.29, 0.717) is 23.4 Å². The molecule has 10 heteroatoms. The molecule has 9 nitrogen and oxygen atoms in total. The molecular formula is C25H24ClN5O4. The predicted octanol–water partition coefficient (Wildman–Crippen LogP) is 3.52. The fourth-order valence-corrected chi connectivity index (χ4v) is 4.94. The Labute approximate surface area is 207 Å². The zero-order valence-electron chi connectivity index (χ0n) is 19.3. The second-order valence-electron chi connectivity index (χ2n) is 8.98. The highest BCUT2D eigenvalue weighted by Gasteiger charge is 2.55. The van der Waals surface area contributed by atoms with Gasteiger partial charge in [0.1, 0.15) is 12.1 Å². The van der Waals surface area contributed by atoms with E-state index in [1.54, 1.807) is 18.2 Å². The number of aromatic nitrogens is 2. The van der Waals surface area contributed by atoms with Crippen molar-refractivity contribution in [1.29, 1.82) is 0 Å². The molecule has 2 heterocycles. The van der Waals surface area contributed by atoms with Crippen LogP contribution in [0.25, 0.3) is 11.5 Å². The summed E-state index contributed by atoms with van der Waals surface area (Å²) in [7, 11) is 0. The number of nitrogens with zero attached hydrogens (tertiary/aromatic N) is 4. The molecule has 1 aromatic heterocycles. The van der Waals surface area contributed by atoms with Crippen LogP contribution in [0.5, 0.6) is 0 Å². The first-order valence-electron chi connectivity index (χ1n) is 11.4. The van der Waals surface area contributed by atoms with Gasteiger partial charge in [0.05, 0.1) is 17.1 Å². The van der Waals surface area contributed by atoms with E-state index in [9.17, 15) is 14.4 Å². The number of nitrogens with one attached hydrogen (secondary N) is 1. The van der Waals surface area contributed by atoms with Crippen molar-refractivity contribution in [3.8, 4) is 11.5 Å². The van der Waals surface area contributed by atoms with Crippen LogP contribution in [-0.4, -0.2) is 50.4 Å². The van der Waals surface area contributed by atoms with Gasteiger partial charge in [0.25, 0.3) is 5.91 Å². The highest BCUT2D eigenvalue weighted by Crippen LogP contribution is 2.41. The Bertz CT molecular complexity index is 1320. The van der Waals surface area contributed by atoms with Gasteiger partial charge in [-0.15, -0.1) is 10.2 Å². The van der Waals surface area contributed by atoms with Crippen molar-refractivity contribution >= 4 is 29.4 Å². The maximum absolute atomic E-state index is 13.4. The number of hydrogen-bond acceptors (Lipinski definition) is 6. The quantitative estimate of drug-likeness (QED) is 0.526. The number of imide groups is 1. The van der Waals surface area contributed by atoms with Gasteiger partial charge in [-0.25, -0.2) is 4.79 Å². The SMILES string of the molecule is CC(C)N(Cc1nnc(-c2ccccc2Cl)o1)C(=O)CN1C(=O)N[C@]2(CCc3ccccc32)C1=O. The molecule has 1 aliphatic carbocycles. The molecule has 1 atom stereocenters. The van der Waals surface area contributed by atoms with E-state index in [4.69, 9.17) is 16.0 Å². The van der Waals surface area contributed by atoms with Crippen LogP contribution in [0.1, 0.15) is 37.3 Å². The third-order valence-corrected chi connectivity index (χ3v) is 6.87. The molecule has 4 amide bonds. The average Bonchev–Trinajstić information content (AvgIpc) is 3.52. The van der Waals surface area contributed by atoms with E-state index >= 15 is 0 Å². The number of aryl methyl sites for hydroxylation is 1. The van der Waals surface area contributed by atoms with Crippen LogP contribution in [-0.2, 0) is 28.1 Å². The number of urea groups is 1. The minimum absolute atomic E-state index is 0.0333. The Morgan fingerprint density at radius 1 is 1.17 bits per heavy atom. The summed E-state index contributed by atoms with van der Waals surface area (Å²) in [6.07, 6.45) is 1.16. The van der Waals surface area contributed by atoms with E-state index in [0.717, 1.165) is 16.0 Å². The fourth-order valence-electron chi connectivity index (χ4n) is 4.72. The van der Waals surface area contributed by atoms with Crippen LogP contribution >= 0.6 is 11.6 Å². The predicted molar refractivity (Wildman–Crippen MR) is 127 cm³/mol. The molecule has 0 radical (unpaired) electrons. The van der Waals surface area contributed by atoms with Crippen LogP contribution in [0.3, 0.4) is 0 Å². The van der Waals surface area contributed by atoms with Crippen LogP contribution in [0, 0.1) is 0 Å². The highest BCUT2D eigenvalue weighted by molar-refractivity contribution is 6.33. The second-order valence-corrected chi connectivity index (χ2v) is 9.39. The van der Waals surface area contributed by atoms with Gasteiger partial charge in [0.15, 0.2) is 0 Å². The van der Waals surface area contributed by atoms with Gasteiger partial charge >= 0.3 is 6.03 Å². The lowest BCUT2D eigenvalue weighted by molar-refractivity contribution is -0.140. The van der Waals surface area contributed by atoms with Gasteiger partial charge in [-0.05, 0) is 49.9 Å². The van der Waals surface area contributed by atoms with E-state index < -0.39 is 23.4 Å². The van der Waals surface area contributed by atoms with Crippen LogP contribution in [0.15, 0.2) is 52.9 Å². The average molecular weight is 494 g/mol. The molecule has 1 aliphatic heterocycles. The summed E-state index contributed by atoms with van der Waals surface area (Å²) in [5.41, 5.74) is 1.32. The van der Waals surface area contributed by atoms with E-state index in [1.165, 1.54) is 4.90 Å². The van der Waals surface area contributed by atoms with Crippen LogP contribution in [0.2, 0.25) is 5.02 Å². The molecule has 180 valence electrons. The largest absolute Gasteiger partial charge is 0.419 e. The first kappa shape index (κ1) is 23.0. The summed E-state index contributed by atoms with van der Waals surface area (Å²) in [4.78, 5) is 42.0. The number of rotatable bonds is 6. The Balaban J connectivity index is 1.33. The third-order valence-electron chi connectivity index (χ3n) is 6.54. The van der Waals surface area contributed by atoms with E-state index in [2.05, 4.69) is 15.5 Å². The number of halogens is 1. The molecule has 5 rings (SSSR count). The molecule has 2 aromatic carbocycles. The molecule has 0 saturated carbocycles.